The Morgan fingerprint density at radius 3 is 2.76 bits per heavy atom. The first-order valence-corrected chi connectivity index (χ1v) is 7.14. The molecule has 0 aliphatic carbocycles. The van der Waals surface area contributed by atoms with E-state index in [2.05, 4.69) is 50.4 Å². The van der Waals surface area contributed by atoms with E-state index in [4.69, 9.17) is 4.74 Å². The fourth-order valence-corrected chi connectivity index (χ4v) is 2.54. The van der Waals surface area contributed by atoms with Gasteiger partial charge in [0.25, 0.3) is 0 Å². The zero-order chi connectivity index (χ0) is 12.7. The van der Waals surface area contributed by atoms with Crippen LogP contribution in [0.2, 0.25) is 0 Å². The lowest BCUT2D eigenvalue weighted by Crippen LogP contribution is -2.17. The molecule has 1 aromatic carbocycles. The molecular weight excluding hydrogens is 230 g/mol. The minimum absolute atomic E-state index is 0.301. The fourth-order valence-electron chi connectivity index (χ4n) is 1.58. The van der Waals surface area contributed by atoms with Crippen molar-refractivity contribution in [1.29, 1.82) is 0 Å². The summed E-state index contributed by atoms with van der Waals surface area (Å²) in [6, 6.07) is 9.15. The Hall–Kier alpha value is -0.510. The van der Waals surface area contributed by atoms with Gasteiger partial charge in [0.15, 0.2) is 0 Å². The summed E-state index contributed by atoms with van der Waals surface area (Å²) in [6.45, 7) is 7.43. The number of benzene rings is 1. The Balaban J connectivity index is 2.59. The first-order valence-electron chi connectivity index (χ1n) is 6.16. The van der Waals surface area contributed by atoms with Crippen LogP contribution in [0.1, 0.15) is 32.4 Å². The van der Waals surface area contributed by atoms with Gasteiger partial charge in [0.1, 0.15) is 0 Å². The van der Waals surface area contributed by atoms with Gasteiger partial charge in [0.2, 0.25) is 0 Å². The van der Waals surface area contributed by atoms with Gasteiger partial charge in [0, 0.05) is 23.8 Å². The maximum absolute atomic E-state index is 5.25. The lowest BCUT2D eigenvalue weighted by atomic mass is 10.1. The molecule has 0 fully saturated rings. The third-order valence-electron chi connectivity index (χ3n) is 2.76. The van der Waals surface area contributed by atoms with Crippen LogP contribution in [0.4, 0.5) is 0 Å². The van der Waals surface area contributed by atoms with Crippen LogP contribution in [0.15, 0.2) is 29.2 Å². The van der Waals surface area contributed by atoms with Crippen LogP contribution in [0.3, 0.4) is 0 Å². The van der Waals surface area contributed by atoms with E-state index in [0.29, 0.717) is 12.1 Å². The number of ether oxygens (including phenoxy) is 1. The monoisotopic (exact) mass is 253 g/mol. The molecule has 96 valence electrons. The van der Waals surface area contributed by atoms with Crippen molar-refractivity contribution < 1.29 is 4.74 Å². The van der Waals surface area contributed by atoms with E-state index in [9.17, 15) is 0 Å². The summed E-state index contributed by atoms with van der Waals surface area (Å²) in [7, 11) is 1.76. The van der Waals surface area contributed by atoms with Crippen LogP contribution in [-0.2, 0) is 4.74 Å². The molecule has 1 aromatic rings. The number of methoxy groups -OCH3 is 1. The third kappa shape index (κ3) is 5.11. The zero-order valence-corrected chi connectivity index (χ0v) is 12.0. The smallest absolute Gasteiger partial charge is 0.0637 e. The summed E-state index contributed by atoms with van der Waals surface area (Å²) in [5.74, 6) is 0.996. The van der Waals surface area contributed by atoms with Gasteiger partial charge in [0.05, 0.1) is 6.10 Å². The maximum atomic E-state index is 5.25. The van der Waals surface area contributed by atoms with E-state index >= 15 is 0 Å². The van der Waals surface area contributed by atoms with Gasteiger partial charge in [-0.1, -0.05) is 19.1 Å². The summed E-state index contributed by atoms with van der Waals surface area (Å²) in [5, 5.41) is 3.43. The first-order chi connectivity index (χ1) is 8.17. The molecule has 0 heterocycles. The van der Waals surface area contributed by atoms with Crippen molar-refractivity contribution >= 4 is 11.8 Å². The first kappa shape index (κ1) is 14.6. The van der Waals surface area contributed by atoms with Crippen molar-refractivity contribution in [2.75, 3.05) is 19.4 Å². The quantitative estimate of drug-likeness (QED) is 0.752. The van der Waals surface area contributed by atoms with Gasteiger partial charge >= 0.3 is 0 Å². The van der Waals surface area contributed by atoms with Gasteiger partial charge in [-0.3, -0.25) is 0 Å². The molecule has 2 nitrogen and oxygen atoms in total. The average molecular weight is 253 g/mol. The van der Waals surface area contributed by atoms with Crippen molar-refractivity contribution in [3.8, 4) is 0 Å². The predicted octanol–water partition coefficient (Wildman–Crippen LogP) is 3.48. The number of hydrogen-bond donors (Lipinski definition) is 1. The summed E-state index contributed by atoms with van der Waals surface area (Å²) in [5.41, 5.74) is 1.35. The summed E-state index contributed by atoms with van der Waals surface area (Å²) >= 11 is 1.85. The number of hydrogen-bond acceptors (Lipinski definition) is 3. The van der Waals surface area contributed by atoms with Crippen LogP contribution in [0.5, 0.6) is 0 Å². The van der Waals surface area contributed by atoms with E-state index in [1.54, 1.807) is 7.11 Å². The van der Waals surface area contributed by atoms with E-state index in [-0.39, 0.29) is 0 Å². The summed E-state index contributed by atoms with van der Waals surface area (Å²) < 4.78 is 5.25. The van der Waals surface area contributed by atoms with E-state index in [1.807, 2.05) is 11.8 Å². The SMILES string of the molecule is CCNC(C)c1cccc(SCC(C)OC)c1. The van der Waals surface area contributed by atoms with Crippen LogP contribution < -0.4 is 5.32 Å². The Morgan fingerprint density at radius 1 is 1.35 bits per heavy atom. The predicted molar refractivity (Wildman–Crippen MR) is 75.7 cm³/mol. The van der Waals surface area contributed by atoms with Crippen molar-refractivity contribution in [3.05, 3.63) is 29.8 Å². The molecule has 0 saturated heterocycles. The second-order valence-corrected chi connectivity index (χ2v) is 5.30. The van der Waals surface area contributed by atoms with Crippen molar-refractivity contribution in [2.24, 2.45) is 0 Å². The Labute approximate surface area is 109 Å². The lowest BCUT2D eigenvalue weighted by Gasteiger charge is -2.14. The van der Waals surface area contributed by atoms with E-state index in [1.165, 1.54) is 10.5 Å². The van der Waals surface area contributed by atoms with Gasteiger partial charge in [-0.15, -0.1) is 11.8 Å². The molecule has 2 unspecified atom stereocenters. The van der Waals surface area contributed by atoms with Crippen molar-refractivity contribution in [2.45, 2.75) is 37.8 Å². The Bertz CT molecular complexity index is 330. The zero-order valence-electron chi connectivity index (χ0n) is 11.2. The van der Waals surface area contributed by atoms with Gasteiger partial charge in [-0.05, 0) is 38.1 Å². The number of rotatable bonds is 7. The van der Waals surface area contributed by atoms with Gasteiger partial charge < -0.3 is 10.1 Å². The Morgan fingerprint density at radius 2 is 2.12 bits per heavy atom. The largest absolute Gasteiger partial charge is 0.381 e. The molecule has 1 rings (SSSR count). The normalized spacial score (nSPS) is 14.6. The molecule has 0 radical (unpaired) electrons. The Kier molecular flexibility index (Phi) is 6.63. The van der Waals surface area contributed by atoms with Crippen LogP contribution in [0.25, 0.3) is 0 Å². The topological polar surface area (TPSA) is 21.3 Å². The fraction of sp³-hybridized carbons (Fsp3) is 0.571. The minimum Gasteiger partial charge on any atom is -0.381 e. The molecule has 17 heavy (non-hydrogen) atoms. The molecule has 0 aliphatic heterocycles. The number of nitrogens with one attached hydrogen (secondary N) is 1. The molecule has 0 aliphatic rings. The lowest BCUT2D eigenvalue weighted by molar-refractivity contribution is 0.138. The van der Waals surface area contributed by atoms with Crippen molar-refractivity contribution in [1.82, 2.24) is 5.32 Å². The molecule has 0 amide bonds. The second kappa shape index (κ2) is 7.75. The highest BCUT2D eigenvalue weighted by atomic mass is 32.2. The average Bonchev–Trinajstić information content (AvgIpc) is 2.36. The van der Waals surface area contributed by atoms with Gasteiger partial charge in [-0.2, -0.15) is 0 Å². The van der Waals surface area contributed by atoms with Crippen LogP contribution in [-0.4, -0.2) is 25.5 Å². The second-order valence-electron chi connectivity index (χ2n) is 4.21. The highest BCUT2D eigenvalue weighted by molar-refractivity contribution is 7.99. The molecule has 3 heteroatoms. The van der Waals surface area contributed by atoms with Crippen LogP contribution >= 0.6 is 11.8 Å². The number of thioether (sulfide) groups is 1. The van der Waals surface area contributed by atoms with E-state index in [0.717, 1.165) is 12.3 Å². The molecule has 2 atom stereocenters. The van der Waals surface area contributed by atoms with Crippen molar-refractivity contribution in [3.63, 3.8) is 0 Å². The molecule has 0 bridgehead atoms. The third-order valence-corrected chi connectivity index (χ3v) is 3.98. The highest BCUT2D eigenvalue weighted by Crippen LogP contribution is 2.23. The van der Waals surface area contributed by atoms with Gasteiger partial charge in [-0.25, -0.2) is 0 Å². The molecule has 0 spiro atoms. The van der Waals surface area contributed by atoms with Crippen LogP contribution in [0, 0.1) is 0 Å². The van der Waals surface area contributed by atoms with E-state index < -0.39 is 0 Å². The molecule has 1 N–H and O–H groups in total. The summed E-state index contributed by atoms with van der Waals surface area (Å²) in [4.78, 5) is 1.32. The highest BCUT2D eigenvalue weighted by Gasteiger charge is 2.05. The molecule has 0 saturated carbocycles. The maximum Gasteiger partial charge on any atom is 0.0637 e. The summed E-state index contributed by atoms with van der Waals surface area (Å²) in [6.07, 6.45) is 0.301. The molecular formula is C14H23NOS. The molecule has 0 aromatic heterocycles. The minimum atomic E-state index is 0.301. The standard InChI is InChI=1S/C14H23NOS/c1-5-15-12(3)13-7-6-8-14(9-13)17-10-11(2)16-4/h6-9,11-12,15H,5,10H2,1-4H3.